The molecule has 0 aromatic carbocycles. The average Bonchev–Trinajstić information content (AvgIpc) is 2.57. The van der Waals surface area contributed by atoms with E-state index in [9.17, 15) is 0 Å². The van der Waals surface area contributed by atoms with Gasteiger partial charge in [-0.05, 0) is 13.8 Å². The van der Waals surface area contributed by atoms with Gasteiger partial charge in [-0.25, -0.2) is 0 Å². The molecule has 80 valence electrons. The van der Waals surface area contributed by atoms with Gasteiger partial charge in [-0.1, -0.05) is 6.08 Å². The van der Waals surface area contributed by atoms with Crippen molar-refractivity contribution < 1.29 is 18.9 Å². The lowest BCUT2D eigenvalue weighted by Gasteiger charge is -2.21. The summed E-state index contributed by atoms with van der Waals surface area (Å²) in [5.41, 5.74) is 0. The van der Waals surface area contributed by atoms with E-state index in [1.807, 2.05) is 13.8 Å². The Morgan fingerprint density at radius 1 is 1.50 bits per heavy atom. The molecule has 2 rings (SSSR count). The molecule has 0 aromatic rings. The summed E-state index contributed by atoms with van der Waals surface area (Å²) in [5.74, 6) is -0.519. The first-order chi connectivity index (χ1) is 6.62. The SMILES string of the molecule is C=CCOC1OC[C@H]2OC(C)(C)O[C@@H]12. The van der Waals surface area contributed by atoms with Crippen LogP contribution in [-0.4, -0.2) is 37.5 Å². The Morgan fingerprint density at radius 2 is 2.29 bits per heavy atom. The van der Waals surface area contributed by atoms with Crippen LogP contribution in [0, 0.1) is 0 Å². The molecule has 0 saturated carbocycles. The van der Waals surface area contributed by atoms with Crippen molar-refractivity contribution in [3.8, 4) is 0 Å². The van der Waals surface area contributed by atoms with Gasteiger partial charge < -0.3 is 18.9 Å². The van der Waals surface area contributed by atoms with Crippen molar-refractivity contribution in [2.45, 2.75) is 38.1 Å². The average molecular weight is 200 g/mol. The Kier molecular flexibility index (Phi) is 2.62. The van der Waals surface area contributed by atoms with E-state index in [2.05, 4.69) is 6.58 Å². The highest BCUT2D eigenvalue weighted by atomic mass is 16.8. The number of fused-ring (bicyclic) bond motifs is 1. The van der Waals surface area contributed by atoms with E-state index in [1.165, 1.54) is 0 Å². The summed E-state index contributed by atoms with van der Waals surface area (Å²) in [7, 11) is 0. The Labute approximate surface area is 83.8 Å². The van der Waals surface area contributed by atoms with E-state index in [0.29, 0.717) is 13.2 Å². The molecule has 0 aliphatic carbocycles. The van der Waals surface area contributed by atoms with Crippen LogP contribution in [0.4, 0.5) is 0 Å². The summed E-state index contributed by atoms with van der Waals surface area (Å²) in [5, 5.41) is 0. The standard InChI is InChI=1S/C10H16O4/c1-4-5-11-9-8-7(6-12-9)13-10(2,3)14-8/h4,7-9H,1,5-6H2,2-3H3/t7-,8-,9?/m1/s1. The Morgan fingerprint density at radius 3 is 3.00 bits per heavy atom. The molecule has 2 fully saturated rings. The molecular formula is C10H16O4. The molecule has 0 aromatic heterocycles. The Hall–Kier alpha value is -0.420. The lowest BCUT2D eigenvalue weighted by Crippen LogP contribution is -2.31. The second-order valence-electron chi connectivity index (χ2n) is 3.96. The Bertz CT molecular complexity index is 226. The maximum absolute atomic E-state index is 5.68. The third kappa shape index (κ3) is 1.83. The third-order valence-corrected chi connectivity index (χ3v) is 2.29. The second kappa shape index (κ2) is 3.62. The predicted molar refractivity (Wildman–Crippen MR) is 49.7 cm³/mol. The molecule has 0 spiro atoms. The van der Waals surface area contributed by atoms with Crippen LogP contribution in [0.25, 0.3) is 0 Å². The highest BCUT2D eigenvalue weighted by Crippen LogP contribution is 2.35. The number of hydrogen-bond acceptors (Lipinski definition) is 4. The van der Waals surface area contributed by atoms with Crippen molar-refractivity contribution in [3.63, 3.8) is 0 Å². The topological polar surface area (TPSA) is 36.9 Å². The summed E-state index contributed by atoms with van der Waals surface area (Å²) in [6.07, 6.45) is 1.27. The predicted octanol–water partition coefficient (Wildman–Crippen LogP) is 1.07. The lowest BCUT2D eigenvalue weighted by atomic mass is 10.2. The number of rotatable bonds is 3. The summed E-state index contributed by atoms with van der Waals surface area (Å²) in [6.45, 7) is 8.39. The largest absolute Gasteiger partial charge is 0.347 e. The van der Waals surface area contributed by atoms with Crippen molar-refractivity contribution in [2.75, 3.05) is 13.2 Å². The molecule has 0 radical (unpaired) electrons. The van der Waals surface area contributed by atoms with Gasteiger partial charge >= 0.3 is 0 Å². The van der Waals surface area contributed by atoms with Gasteiger partial charge in [0.15, 0.2) is 12.1 Å². The second-order valence-corrected chi connectivity index (χ2v) is 3.96. The summed E-state index contributed by atoms with van der Waals surface area (Å²) < 4.78 is 22.1. The van der Waals surface area contributed by atoms with Gasteiger partial charge in [-0.15, -0.1) is 6.58 Å². The smallest absolute Gasteiger partial charge is 0.186 e. The van der Waals surface area contributed by atoms with E-state index in [1.54, 1.807) is 6.08 Å². The van der Waals surface area contributed by atoms with Crippen LogP contribution >= 0.6 is 0 Å². The summed E-state index contributed by atoms with van der Waals surface area (Å²) in [4.78, 5) is 0. The molecule has 0 bridgehead atoms. The van der Waals surface area contributed by atoms with Crippen LogP contribution in [-0.2, 0) is 18.9 Å². The van der Waals surface area contributed by atoms with Gasteiger partial charge in [0.05, 0.1) is 13.2 Å². The molecule has 1 unspecified atom stereocenters. The fourth-order valence-corrected chi connectivity index (χ4v) is 1.81. The zero-order chi connectivity index (χ0) is 10.2. The fourth-order valence-electron chi connectivity index (χ4n) is 1.81. The van der Waals surface area contributed by atoms with E-state index >= 15 is 0 Å². The van der Waals surface area contributed by atoms with Crippen LogP contribution in [0.2, 0.25) is 0 Å². The van der Waals surface area contributed by atoms with Crippen LogP contribution < -0.4 is 0 Å². The lowest BCUT2D eigenvalue weighted by molar-refractivity contribution is -0.216. The first-order valence-corrected chi connectivity index (χ1v) is 4.82. The molecule has 2 heterocycles. The Balaban J connectivity index is 1.94. The van der Waals surface area contributed by atoms with Gasteiger partial charge in [0, 0.05) is 0 Å². The van der Waals surface area contributed by atoms with Crippen LogP contribution in [0.1, 0.15) is 13.8 Å². The van der Waals surface area contributed by atoms with Gasteiger partial charge in [-0.3, -0.25) is 0 Å². The molecule has 0 N–H and O–H groups in total. The highest BCUT2D eigenvalue weighted by Gasteiger charge is 2.50. The van der Waals surface area contributed by atoms with Gasteiger partial charge in [0.1, 0.15) is 12.2 Å². The van der Waals surface area contributed by atoms with Crippen LogP contribution in [0.5, 0.6) is 0 Å². The minimum absolute atomic E-state index is 0.000171. The van der Waals surface area contributed by atoms with E-state index < -0.39 is 5.79 Å². The van der Waals surface area contributed by atoms with Crippen molar-refractivity contribution in [1.82, 2.24) is 0 Å². The monoisotopic (exact) mass is 200 g/mol. The van der Waals surface area contributed by atoms with Crippen LogP contribution in [0.3, 0.4) is 0 Å². The first-order valence-electron chi connectivity index (χ1n) is 4.82. The van der Waals surface area contributed by atoms with E-state index in [0.717, 1.165) is 0 Å². The minimum Gasteiger partial charge on any atom is -0.347 e. The maximum Gasteiger partial charge on any atom is 0.186 e. The molecule has 0 amide bonds. The van der Waals surface area contributed by atoms with Crippen LogP contribution in [0.15, 0.2) is 12.7 Å². The third-order valence-electron chi connectivity index (χ3n) is 2.29. The van der Waals surface area contributed by atoms with Crippen molar-refractivity contribution in [1.29, 1.82) is 0 Å². The van der Waals surface area contributed by atoms with Crippen molar-refractivity contribution >= 4 is 0 Å². The molecule has 2 aliphatic rings. The maximum atomic E-state index is 5.68. The number of ether oxygens (including phenoxy) is 4. The normalized spacial score (nSPS) is 39.7. The van der Waals surface area contributed by atoms with Crippen molar-refractivity contribution in [2.24, 2.45) is 0 Å². The van der Waals surface area contributed by atoms with Gasteiger partial charge in [-0.2, -0.15) is 0 Å². The molecule has 4 nitrogen and oxygen atoms in total. The minimum atomic E-state index is -0.519. The zero-order valence-corrected chi connectivity index (χ0v) is 8.56. The molecule has 4 heteroatoms. The first kappa shape index (κ1) is 10.1. The molecule has 3 atom stereocenters. The van der Waals surface area contributed by atoms with Gasteiger partial charge in [0.25, 0.3) is 0 Å². The number of hydrogen-bond donors (Lipinski definition) is 0. The van der Waals surface area contributed by atoms with Crippen molar-refractivity contribution in [3.05, 3.63) is 12.7 Å². The molecule has 14 heavy (non-hydrogen) atoms. The highest BCUT2D eigenvalue weighted by molar-refractivity contribution is 4.88. The molecule has 2 saturated heterocycles. The zero-order valence-electron chi connectivity index (χ0n) is 8.56. The van der Waals surface area contributed by atoms with Gasteiger partial charge in [0.2, 0.25) is 0 Å². The fraction of sp³-hybridized carbons (Fsp3) is 0.800. The summed E-state index contributed by atoms with van der Waals surface area (Å²) >= 11 is 0. The quantitative estimate of drug-likeness (QED) is 0.638. The molecule has 2 aliphatic heterocycles. The van der Waals surface area contributed by atoms with E-state index in [4.69, 9.17) is 18.9 Å². The molecular weight excluding hydrogens is 184 g/mol. The summed E-state index contributed by atoms with van der Waals surface area (Å²) in [6, 6.07) is 0. The van der Waals surface area contributed by atoms with E-state index in [-0.39, 0.29) is 18.5 Å².